The molecular weight excluding hydrogens is 313 g/mol. The molecular formula is C12H18IN3. The molecule has 2 heterocycles. The topological polar surface area (TPSA) is 29.0 Å². The molecule has 1 fully saturated rings. The third-order valence-corrected chi connectivity index (χ3v) is 4.38. The number of hydrogen-bond donors (Lipinski definition) is 0. The van der Waals surface area contributed by atoms with E-state index in [1.54, 1.807) is 0 Å². The Bertz CT molecular complexity index is 346. The van der Waals surface area contributed by atoms with Gasteiger partial charge in [-0.1, -0.05) is 13.8 Å². The Kier molecular flexibility index (Phi) is 3.66. The lowest BCUT2D eigenvalue weighted by molar-refractivity contribution is 0.301. The van der Waals surface area contributed by atoms with Crippen LogP contribution in [0.2, 0.25) is 0 Å². The van der Waals surface area contributed by atoms with Crippen LogP contribution in [-0.4, -0.2) is 23.1 Å². The molecule has 3 nitrogen and oxygen atoms in total. The van der Waals surface area contributed by atoms with Crippen molar-refractivity contribution in [1.82, 2.24) is 9.97 Å². The summed E-state index contributed by atoms with van der Waals surface area (Å²) in [4.78, 5) is 11.1. The zero-order chi connectivity index (χ0) is 11.6. The zero-order valence-electron chi connectivity index (χ0n) is 9.91. The van der Waals surface area contributed by atoms with Crippen LogP contribution in [-0.2, 0) is 0 Å². The summed E-state index contributed by atoms with van der Waals surface area (Å²) < 4.78 is 1.10. The van der Waals surface area contributed by atoms with E-state index in [9.17, 15) is 0 Å². The highest BCUT2D eigenvalue weighted by Crippen LogP contribution is 2.37. The molecule has 16 heavy (non-hydrogen) atoms. The minimum atomic E-state index is 0.492. The molecule has 0 spiro atoms. The fourth-order valence-electron chi connectivity index (χ4n) is 2.40. The molecule has 4 heteroatoms. The monoisotopic (exact) mass is 331 g/mol. The third-order valence-electron chi connectivity index (χ3n) is 3.83. The van der Waals surface area contributed by atoms with Crippen molar-refractivity contribution in [2.24, 2.45) is 5.41 Å². The normalized spacial score (nSPS) is 19.1. The Morgan fingerprint density at radius 3 is 2.44 bits per heavy atom. The van der Waals surface area contributed by atoms with E-state index in [-0.39, 0.29) is 0 Å². The fourth-order valence-corrected chi connectivity index (χ4v) is 2.68. The van der Waals surface area contributed by atoms with E-state index in [1.807, 2.05) is 12.4 Å². The molecule has 1 saturated heterocycles. The van der Waals surface area contributed by atoms with Gasteiger partial charge in [0.05, 0.1) is 0 Å². The van der Waals surface area contributed by atoms with Crippen LogP contribution < -0.4 is 4.90 Å². The van der Waals surface area contributed by atoms with Crippen molar-refractivity contribution in [3.05, 3.63) is 16.0 Å². The zero-order valence-corrected chi connectivity index (χ0v) is 12.1. The molecule has 0 atom stereocenters. The summed E-state index contributed by atoms with van der Waals surface area (Å²) in [6.45, 7) is 6.80. The Morgan fingerprint density at radius 2 is 1.94 bits per heavy atom. The van der Waals surface area contributed by atoms with Gasteiger partial charge in [0.15, 0.2) is 0 Å². The summed E-state index contributed by atoms with van der Waals surface area (Å²) in [5.41, 5.74) is 0.492. The van der Waals surface area contributed by atoms with Crippen molar-refractivity contribution in [2.45, 2.75) is 33.1 Å². The van der Waals surface area contributed by atoms with Crippen molar-refractivity contribution in [1.29, 1.82) is 0 Å². The van der Waals surface area contributed by atoms with Gasteiger partial charge in [0.25, 0.3) is 0 Å². The van der Waals surface area contributed by atoms with Gasteiger partial charge >= 0.3 is 0 Å². The number of hydrogen-bond acceptors (Lipinski definition) is 3. The molecule has 1 aromatic heterocycles. The second kappa shape index (κ2) is 4.85. The maximum Gasteiger partial charge on any atom is 0.225 e. The summed E-state index contributed by atoms with van der Waals surface area (Å²) in [5, 5.41) is 0. The van der Waals surface area contributed by atoms with Gasteiger partial charge in [-0.3, -0.25) is 0 Å². The van der Waals surface area contributed by atoms with Gasteiger partial charge in [0.2, 0.25) is 5.95 Å². The third kappa shape index (κ3) is 2.31. The first kappa shape index (κ1) is 12.1. The van der Waals surface area contributed by atoms with Crippen LogP contribution in [0.5, 0.6) is 0 Å². The summed E-state index contributed by atoms with van der Waals surface area (Å²) in [5.74, 6) is 0.893. The average molecular weight is 331 g/mol. The molecule has 0 aliphatic carbocycles. The second-order valence-corrected chi connectivity index (χ2v) is 5.83. The largest absolute Gasteiger partial charge is 0.340 e. The molecule has 0 aromatic carbocycles. The molecule has 0 amide bonds. The first-order valence-electron chi connectivity index (χ1n) is 5.91. The molecule has 0 radical (unpaired) electrons. The minimum absolute atomic E-state index is 0.492. The molecule has 0 unspecified atom stereocenters. The smallest absolute Gasteiger partial charge is 0.225 e. The Labute approximate surface area is 111 Å². The van der Waals surface area contributed by atoms with Crippen LogP contribution in [0, 0.1) is 8.99 Å². The highest BCUT2D eigenvalue weighted by atomic mass is 127. The molecule has 88 valence electrons. The van der Waals surface area contributed by atoms with Crippen LogP contribution in [0.25, 0.3) is 0 Å². The summed E-state index contributed by atoms with van der Waals surface area (Å²) >= 11 is 2.24. The van der Waals surface area contributed by atoms with Crippen LogP contribution in [0.3, 0.4) is 0 Å². The summed E-state index contributed by atoms with van der Waals surface area (Å²) in [6, 6.07) is 0. The van der Waals surface area contributed by atoms with Crippen LogP contribution in [0.4, 0.5) is 5.95 Å². The predicted molar refractivity (Wildman–Crippen MR) is 74.6 cm³/mol. The highest BCUT2D eigenvalue weighted by molar-refractivity contribution is 14.1. The lowest BCUT2D eigenvalue weighted by atomic mass is 9.82. The number of rotatable bonds is 3. The van der Waals surface area contributed by atoms with Gasteiger partial charge in [-0.2, -0.15) is 0 Å². The molecule has 0 bridgehead atoms. The minimum Gasteiger partial charge on any atom is -0.340 e. The van der Waals surface area contributed by atoms with E-state index in [0.29, 0.717) is 5.41 Å². The summed E-state index contributed by atoms with van der Waals surface area (Å²) in [7, 11) is 0. The SMILES string of the molecule is CCC1(CC)CCN(c2ncc(I)cn2)C1. The molecule has 1 aromatic rings. The maximum absolute atomic E-state index is 4.40. The predicted octanol–water partition coefficient (Wildman–Crippen LogP) is 3.10. The number of nitrogens with zero attached hydrogens (tertiary/aromatic N) is 3. The molecule has 1 aliphatic heterocycles. The molecule has 0 saturated carbocycles. The van der Waals surface area contributed by atoms with Gasteiger partial charge in [-0.05, 0) is 47.3 Å². The van der Waals surface area contributed by atoms with E-state index in [0.717, 1.165) is 22.6 Å². The van der Waals surface area contributed by atoms with Gasteiger partial charge in [-0.15, -0.1) is 0 Å². The van der Waals surface area contributed by atoms with Crippen molar-refractivity contribution < 1.29 is 0 Å². The second-order valence-electron chi connectivity index (χ2n) is 4.58. The van der Waals surface area contributed by atoms with Crippen molar-refractivity contribution >= 4 is 28.5 Å². The Balaban J connectivity index is 2.11. The molecule has 0 N–H and O–H groups in total. The fraction of sp³-hybridized carbons (Fsp3) is 0.667. The number of anilines is 1. The van der Waals surface area contributed by atoms with Crippen molar-refractivity contribution in [2.75, 3.05) is 18.0 Å². The number of halogens is 1. The number of aromatic nitrogens is 2. The molecule has 1 aliphatic rings. The van der Waals surface area contributed by atoms with Gasteiger partial charge in [0.1, 0.15) is 0 Å². The standard InChI is InChI=1S/C12H18IN3/c1-3-12(4-2)5-6-16(9-12)11-14-7-10(13)8-15-11/h7-8H,3-6,9H2,1-2H3. The molecule has 2 rings (SSSR count). The van der Waals surface area contributed by atoms with Crippen molar-refractivity contribution in [3.63, 3.8) is 0 Å². The van der Waals surface area contributed by atoms with Crippen LogP contribution in [0.1, 0.15) is 33.1 Å². The highest BCUT2D eigenvalue weighted by Gasteiger charge is 2.35. The Morgan fingerprint density at radius 1 is 1.31 bits per heavy atom. The van der Waals surface area contributed by atoms with E-state index < -0.39 is 0 Å². The van der Waals surface area contributed by atoms with E-state index in [1.165, 1.54) is 19.3 Å². The van der Waals surface area contributed by atoms with Gasteiger partial charge < -0.3 is 4.90 Å². The first-order valence-corrected chi connectivity index (χ1v) is 6.99. The van der Waals surface area contributed by atoms with Gasteiger partial charge in [-0.25, -0.2) is 9.97 Å². The Hall–Kier alpha value is -0.390. The van der Waals surface area contributed by atoms with E-state index >= 15 is 0 Å². The van der Waals surface area contributed by atoms with Crippen LogP contribution in [0.15, 0.2) is 12.4 Å². The lowest BCUT2D eigenvalue weighted by Gasteiger charge is -2.26. The quantitative estimate of drug-likeness (QED) is 0.797. The first-order chi connectivity index (χ1) is 7.69. The van der Waals surface area contributed by atoms with E-state index in [4.69, 9.17) is 0 Å². The van der Waals surface area contributed by atoms with Crippen LogP contribution >= 0.6 is 22.6 Å². The average Bonchev–Trinajstić information content (AvgIpc) is 2.75. The van der Waals surface area contributed by atoms with E-state index in [2.05, 4.69) is 51.3 Å². The van der Waals surface area contributed by atoms with Gasteiger partial charge in [0, 0.05) is 29.1 Å². The maximum atomic E-state index is 4.40. The summed E-state index contributed by atoms with van der Waals surface area (Å²) in [6.07, 6.45) is 7.56. The van der Waals surface area contributed by atoms with Crippen molar-refractivity contribution in [3.8, 4) is 0 Å². The lowest BCUT2D eigenvalue weighted by Crippen LogP contribution is -2.27.